The van der Waals surface area contributed by atoms with Gasteiger partial charge in [-0.3, -0.25) is 0 Å². The lowest BCUT2D eigenvalue weighted by atomic mass is 10.2. The molecule has 3 rings (SSSR count). The number of nitrogens with zero attached hydrogens (tertiary/aromatic N) is 2. The van der Waals surface area contributed by atoms with Crippen LogP contribution in [0, 0.1) is 0 Å². The van der Waals surface area contributed by atoms with Gasteiger partial charge in [-0.05, 0) is 38.3 Å². The Morgan fingerprint density at radius 3 is 3.14 bits per heavy atom. The summed E-state index contributed by atoms with van der Waals surface area (Å²) >= 11 is 0. The van der Waals surface area contributed by atoms with E-state index in [0.29, 0.717) is 25.5 Å². The number of hydrogen-bond donors (Lipinski definition) is 1. The second-order valence-electron chi connectivity index (χ2n) is 5.40. The van der Waals surface area contributed by atoms with Crippen molar-refractivity contribution >= 4 is 15.8 Å². The number of fused-ring (bicyclic) bond motifs is 1. The van der Waals surface area contributed by atoms with Crippen molar-refractivity contribution in [1.82, 2.24) is 9.29 Å². The van der Waals surface area contributed by atoms with Crippen LogP contribution < -0.4 is 5.32 Å². The molecule has 2 aliphatic rings. The van der Waals surface area contributed by atoms with Crippen LogP contribution in [0.2, 0.25) is 0 Å². The van der Waals surface area contributed by atoms with Gasteiger partial charge in [0.15, 0.2) is 0 Å². The Morgan fingerprint density at radius 1 is 1.48 bits per heavy atom. The number of anilines is 1. The van der Waals surface area contributed by atoms with E-state index in [4.69, 9.17) is 4.74 Å². The summed E-state index contributed by atoms with van der Waals surface area (Å²) in [5.74, 6) is 0.432. The van der Waals surface area contributed by atoms with Crippen LogP contribution in [-0.2, 0) is 14.8 Å². The molecule has 0 spiro atoms. The lowest BCUT2D eigenvalue weighted by Crippen LogP contribution is -2.51. The zero-order valence-electron chi connectivity index (χ0n) is 12.2. The van der Waals surface area contributed by atoms with Crippen molar-refractivity contribution in [3.63, 3.8) is 0 Å². The van der Waals surface area contributed by atoms with Crippen molar-refractivity contribution in [1.29, 1.82) is 0 Å². The summed E-state index contributed by atoms with van der Waals surface area (Å²) in [5.41, 5.74) is 0. The van der Waals surface area contributed by atoms with Crippen LogP contribution in [0.5, 0.6) is 0 Å². The van der Waals surface area contributed by atoms with Crippen LogP contribution >= 0.6 is 0 Å². The Kier molecular flexibility index (Phi) is 4.14. The molecule has 1 aliphatic heterocycles. The maximum absolute atomic E-state index is 13.0. The van der Waals surface area contributed by atoms with Gasteiger partial charge >= 0.3 is 0 Å². The number of pyridine rings is 1. The maximum atomic E-state index is 13.0. The fraction of sp³-hybridized carbons (Fsp3) is 0.643. The van der Waals surface area contributed by atoms with E-state index in [2.05, 4.69) is 10.3 Å². The average Bonchev–Trinajstić information content (AvgIpc) is 2.96. The van der Waals surface area contributed by atoms with Gasteiger partial charge in [-0.25, -0.2) is 13.4 Å². The Labute approximate surface area is 125 Å². The minimum Gasteiger partial charge on any atom is -0.375 e. The first kappa shape index (κ1) is 14.7. The van der Waals surface area contributed by atoms with Gasteiger partial charge in [-0.15, -0.1) is 0 Å². The molecular formula is C14H21N3O3S. The number of morpholine rings is 1. The normalized spacial score (nSPS) is 26.5. The van der Waals surface area contributed by atoms with Crippen molar-refractivity contribution in [3.05, 3.63) is 18.3 Å². The highest BCUT2D eigenvalue weighted by atomic mass is 32.2. The van der Waals surface area contributed by atoms with E-state index >= 15 is 0 Å². The monoisotopic (exact) mass is 311 g/mol. The largest absolute Gasteiger partial charge is 0.375 e. The van der Waals surface area contributed by atoms with Crippen LogP contribution in [-0.4, -0.2) is 49.5 Å². The standard InChI is InChI=1S/C14H21N3O3S/c1-2-15-14-13(7-4-8-16-14)21(18,19)17-9-10-20-12-6-3-5-11(12)17/h4,7-8,11-12H,2-3,5-6,9-10H2,1H3,(H,15,16). The molecular weight excluding hydrogens is 290 g/mol. The minimum atomic E-state index is -3.54. The van der Waals surface area contributed by atoms with Crippen LogP contribution in [0.1, 0.15) is 26.2 Å². The number of ether oxygens (including phenoxy) is 1. The molecule has 1 N–H and O–H groups in total. The molecule has 2 fully saturated rings. The second kappa shape index (κ2) is 5.90. The van der Waals surface area contributed by atoms with E-state index in [1.165, 1.54) is 0 Å². The van der Waals surface area contributed by atoms with E-state index in [1.54, 1.807) is 22.6 Å². The van der Waals surface area contributed by atoms with Gasteiger partial charge in [0.25, 0.3) is 0 Å². The number of nitrogens with one attached hydrogen (secondary N) is 1. The molecule has 6 nitrogen and oxygen atoms in total. The summed E-state index contributed by atoms with van der Waals surface area (Å²) < 4.78 is 33.4. The van der Waals surface area contributed by atoms with Crippen molar-refractivity contribution in [2.75, 3.05) is 25.0 Å². The highest BCUT2D eigenvalue weighted by molar-refractivity contribution is 7.89. The van der Waals surface area contributed by atoms with E-state index in [1.807, 2.05) is 6.92 Å². The van der Waals surface area contributed by atoms with E-state index < -0.39 is 10.0 Å². The maximum Gasteiger partial charge on any atom is 0.247 e. The molecule has 1 saturated heterocycles. The molecule has 116 valence electrons. The Balaban J connectivity index is 1.96. The summed E-state index contributed by atoms with van der Waals surface area (Å²) in [4.78, 5) is 4.43. The molecule has 1 aromatic rings. The third-order valence-corrected chi connectivity index (χ3v) is 6.09. The minimum absolute atomic E-state index is 0.0292. The summed E-state index contributed by atoms with van der Waals surface area (Å²) in [7, 11) is -3.54. The van der Waals surface area contributed by atoms with Crippen molar-refractivity contribution in [2.45, 2.75) is 43.2 Å². The summed E-state index contributed by atoms with van der Waals surface area (Å²) in [6, 6.07) is 3.26. The highest BCUT2D eigenvalue weighted by Gasteiger charge is 2.42. The molecule has 0 bridgehead atoms. The number of hydrogen-bond acceptors (Lipinski definition) is 5. The molecule has 7 heteroatoms. The van der Waals surface area contributed by atoms with Crippen molar-refractivity contribution < 1.29 is 13.2 Å². The SMILES string of the molecule is CCNc1ncccc1S(=O)(=O)N1CCOC2CCCC21. The first-order valence-electron chi connectivity index (χ1n) is 7.47. The van der Waals surface area contributed by atoms with Gasteiger partial charge in [0.1, 0.15) is 10.7 Å². The van der Waals surface area contributed by atoms with Crippen LogP contribution in [0.4, 0.5) is 5.82 Å². The van der Waals surface area contributed by atoms with Crippen molar-refractivity contribution in [3.8, 4) is 0 Å². The summed E-state index contributed by atoms with van der Waals surface area (Å²) in [5, 5.41) is 3.03. The molecule has 2 heterocycles. The molecule has 1 aliphatic carbocycles. The van der Waals surface area contributed by atoms with Gasteiger partial charge in [-0.2, -0.15) is 4.31 Å². The molecule has 2 unspecified atom stereocenters. The molecule has 2 atom stereocenters. The van der Waals surface area contributed by atoms with Gasteiger partial charge in [-0.1, -0.05) is 0 Å². The first-order valence-corrected chi connectivity index (χ1v) is 8.91. The van der Waals surface area contributed by atoms with Gasteiger partial charge < -0.3 is 10.1 Å². The fourth-order valence-corrected chi connectivity index (χ4v) is 5.00. The quantitative estimate of drug-likeness (QED) is 0.911. The van der Waals surface area contributed by atoms with E-state index in [0.717, 1.165) is 19.3 Å². The Morgan fingerprint density at radius 2 is 2.33 bits per heavy atom. The fourth-order valence-electron chi connectivity index (χ4n) is 3.21. The van der Waals surface area contributed by atoms with Crippen LogP contribution in [0.25, 0.3) is 0 Å². The van der Waals surface area contributed by atoms with Crippen LogP contribution in [0.3, 0.4) is 0 Å². The smallest absolute Gasteiger partial charge is 0.247 e. The zero-order valence-corrected chi connectivity index (χ0v) is 13.0. The van der Waals surface area contributed by atoms with Gasteiger partial charge in [0.2, 0.25) is 10.0 Å². The number of aromatic nitrogens is 1. The average molecular weight is 311 g/mol. The molecule has 21 heavy (non-hydrogen) atoms. The lowest BCUT2D eigenvalue weighted by Gasteiger charge is -2.36. The third-order valence-electron chi connectivity index (χ3n) is 4.13. The number of rotatable bonds is 4. The molecule has 0 radical (unpaired) electrons. The lowest BCUT2D eigenvalue weighted by molar-refractivity contribution is -0.0241. The molecule has 1 saturated carbocycles. The highest BCUT2D eigenvalue weighted by Crippen LogP contribution is 2.34. The topological polar surface area (TPSA) is 71.5 Å². The Bertz CT molecular complexity index is 605. The zero-order chi connectivity index (χ0) is 14.9. The predicted molar refractivity (Wildman–Crippen MR) is 79.7 cm³/mol. The molecule has 0 aromatic carbocycles. The third kappa shape index (κ3) is 2.65. The Hall–Kier alpha value is -1.18. The second-order valence-corrected chi connectivity index (χ2v) is 7.26. The van der Waals surface area contributed by atoms with Gasteiger partial charge in [0, 0.05) is 19.3 Å². The van der Waals surface area contributed by atoms with Crippen LogP contribution in [0.15, 0.2) is 23.2 Å². The van der Waals surface area contributed by atoms with E-state index in [-0.39, 0.29) is 17.0 Å². The molecule has 1 aromatic heterocycles. The van der Waals surface area contributed by atoms with Crippen molar-refractivity contribution in [2.24, 2.45) is 0 Å². The molecule has 0 amide bonds. The van der Waals surface area contributed by atoms with E-state index in [9.17, 15) is 8.42 Å². The van der Waals surface area contributed by atoms with Gasteiger partial charge in [0.05, 0.1) is 18.8 Å². The summed E-state index contributed by atoms with van der Waals surface area (Å²) in [6.45, 7) is 3.45. The predicted octanol–water partition coefficient (Wildman–Crippen LogP) is 1.46. The summed E-state index contributed by atoms with van der Waals surface area (Å²) in [6.07, 6.45) is 4.50. The first-order chi connectivity index (χ1) is 10.1. The number of sulfonamides is 1.